The summed E-state index contributed by atoms with van der Waals surface area (Å²) >= 11 is 0. The van der Waals surface area contributed by atoms with Crippen LogP contribution in [0.1, 0.15) is 28.5 Å². The number of aryl methyl sites for hydroxylation is 2. The summed E-state index contributed by atoms with van der Waals surface area (Å²) in [5, 5.41) is 15.4. The molecule has 7 nitrogen and oxygen atoms in total. The van der Waals surface area contributed by atoms with E-state index in [0.717, 1.165) is 28.2 Å². The number of nitrogens with zero attached hydrogens (tertiary/aromatic N) is 5. The first-order valence-electron chi connectivity index (χ1n) is 8.08. The second-order valence-electron chi connectivity index (χ2n) is 6.06. The van der Waals surface area contributed by atoms with Gasteiger partial charge in [0.25, 0.3) is 0 Å². The molecular weight excluding hydrogens is 316 g/mol. The van der Waals surface area contributed by atoms with E-state index in [9.17, 15) is 0 Å². The molecule has 3 aromatic heterocycles. The van der Waals surface area contributed by atoms with Crippen LogP contribution >= 0.6 is 0 Å². The molecule has 1 aromatic carbocycles. The van der Waals surface area contributed by atoms with E-state index in [1.165, 1.54) is 0 Å². The van der Waals surface area contributed by atoms with Crippen molar-refractivity contribution in [2.45, 2.75) is 26.8 Å². The van der Waals surface area contributed by atoms with Crippen LogP contribution < -0.4 is 0 Å². The lowest BCUT2D eigenvalue weighted by atomic mass is 10.1. The van der Waals surface area contributed by atoms with Crippen molar-refractivity contribution in [3.8, 4) is 11.4 Å². The molecule has 0 bridgehead atoms. The Morgan fingerprint density at radius 1 is 1.16 bits per heavy atom. The maximum atomic E-state index is 5.35. The van der Waals surface area contributed by atoms with Crippen LogP contribution in [0.25, 0.3) is 11.4 Å². The van der Waals surface area contributed by atoms with Gasteiger partial charge >= 0.3 is 0 Å². The highest BCUT2D eigenvalue weighted by Gasteiger charge is 2.11. The van der Waals surface area contributed by atoms with Gasteiger partial charge in [-0.1, -0.05) is 23.4 Å². The van der Waals surface area contributed by atoms with Gasteiger partial charge in [0, 0.05) is 23.1 Å². The highest BCUT2D eigenvalue weighted by molar-refractivity contribution is 5.55. The number of nitrogens with one attached hydrogen (secondary N) is 1. The van der Waals surface area contributed by atoms with Crippen molar-refractivity contribution in [1.82, 2.24) is 30.1 Å². The Morgan fingerprint density at radius 2 is 2.08 bits per heavy atom. The molecule has 0 aliphatic heterocycles. The Kier molecular flexibility index (Phi) is 3.89. The van der Waals surface area contributed by atoms with Crippen molar-refractivity contribution in [3.05, 3.63) is 71.1 Å². The molecule has 0 aliphatic rings. The Labute approximate surface area is 144 Å². The molecule has 0 radical (unpaired) electrons. The summed E-state index contributed by atoms with van der Waals surface area (Å²) in [6.07, 6.45) is 2.24. The number of H-pyrrole nitrogens is 1. The molecule has 0 amide bonds. The molecule has 4 aromatic rings. The van der Waals surface area contributed by atoms with Crippen molar-refractivity contribution in [2.75, 3.05) is 0 Å². The van der Waals surface area contributed by atoms with E-state index in [-0.39, 0.29) is 0 Å². The maximum absolute atomic E-state index is 5.35. The van der Waals surface area contributed by atoms with Crippen LogP contribution in [-0.4, -0.2) is 30.1 Å². The molecule has 0 spiro atoms. The number of aromatic nitrogens is 6. The first kappa shape index (κ1) is 15.3. The lowest BCUT2D eigenvalue weighted by Gasteiger charge is -2.05. The van der Waals surface area contributed by atoms with E-state index < -0.39 is 0 Å². The minimum Gasteiger partial charge on any atom is -0.339 e. The molecule has 7 heteroatoms. The quantitative estimate of drug-likeness (QED) is 0.606. The van der Waals surface area contributed by atoms with Gasteiger partial charge in [0.1, 0.15) is 0 Å². The zero-order valence-corrected chi connectivity index (χ0v) is 14.1. The largest absolute Gasteiger partial charge is 0.339 e. The first-order chi connectivity index (χ1) is 12.2. The molecule has 0 fully saturated rings. The predicted octanol–water partition coefficient (Wildman–Crippen LogP) is 2.91. The molecule has 0 unspecified atom stereocenters. The van der Waals surface area contributed by atoms with Gasteiger partial charge in [0.2, 0.25) is 11.7 Å². The van der Waals surface area contributed by atoms with Gasteiger partial charge in [-0.05, 0) is 37.6 Å². The van der Waals surface area contributed by atoms with Crippen molar-refractivity contribution in [2.24, 2.45) is 0 Å². The number of hydrogen-bond donors (Lipinski definition) is 1. The molecule has 4 rings (SSSR count). The second-order valence-corrected chi connectivity index (χ2v) is 6.06. The monoisotopic (exact) mass is 334 g/mol. The molecule has 0 atom stereocenters. The van der Waals surface area contributed by atoms with Gasteiger partial charge in [0.05, 0.1) is 18.7 Å². The Morgan fingerprint density at radius 3 is 2.84 bits per heavy atom. The molecule has 1 N–H and O–H groups in total. The smallest absolute Gasteiger partial charge is 0.232 e. The van der Waals surface area contributed by atoms with E-state index >= 15 is 0 Å². The molecule has 0 saturated heterocycles. The topological polar surface area (TPSA) is 85.4 Å². The van der Waals surface area contributed by atoms with Gasteiger partial charge in [-0.25, -0.2) is 0 Å². The Bertz CT molecular complexity index is 983. The molecule has 126 valence electrons. The van der Waals surface area contributed by atoms with Crippen molar-refractivity contribution in [1.29, 1.82) is 0 Å². The average molecular weight is 334 g/mol. The van der Waals surface area contributed by atoms with E-state index in [1.807, 2.05) is 29.8 Å². The van der Waals surface area contributed by atoms with Crippen LogP contribution in [-0.2, 0) is 13.0 Å². The maximum Gasteiger partial charge on any atom is 0.232 e. The average Bonchev–Trinajstić information content (AvgIpc) is 3.32. The third-order valence-electron chi connectivity index (χ3n) is 3.99. The highest BCUT2D eigenvalue weighted by atomic mass is 16.5. The van der Waals surface area contributed by atoms with E-state index in [4.69, 9.17) is 4.52 Å². The van der Waals surface area contributed by atoms with Crippen LogP contribution in [0.4, 0.5) is 0 Å². The van der Waals surface area contributed by atoms with Crippen molar-refractivity contribution < 1.29 is 4.52 Å². The summed E-state index contributed by atoms with van der Waals surface area (Å²) in [5.41, 5.74) is 5.18. The summed E-state index contributed by atoms with van der Waals surface area (Å²) in [6, 6.07) is 12.1. The Balaban J connectivity index is 1.55. The van der Waals surface area contributed by atoms with E-state index in [2.05, 4.69) is 50.6 Å². The van der Waals surface area contributed by atoms with Crippen molar-refractivity contribution >= 4 is 0 Å². The van der Waals surface area contributed by atoms with Gasteiger partial charge in [-0.15, -0.1) is 0 Å². The zero-order chi connectivity index (χ0) is 17.2. The van der Waals surface area contributed by atoms with Crippen molar-refractivity contribution in [3.63, 3.8) is 0 Å². The zero-order valence-electron chi connectivity index (χ0n) is 14.1. The molecule has 0 saturated carbocycles. The molecule has 0 aliphatic carbocycles. The third-order valence-corrected chi connectivity index (χ3v) is 3.99. The van der Waals surface area contributed by atoms with Crippen LogP contribution in [0.3, 0.4) is 0 Å². The SMILES string of the molecule is Cc1cc(C)n(Cc2cccc(-c3noc(Cc4ccn[nH]4)n3)c2)n1. The minimum absolute atomic E-state index is 0.540. The summed E-state index contributed by atoms with van der Waals surface area (Å²) in [4.78, 5) is 4.48. The van der Waals surface area contributed by atoms with Gasteiger partial charge in [-0.2, -0.15) is 15.2 Å². The summed E-state index contributed by atoms with van der Waals surface area (Å²) in [7, 11) is 0. The second kappa shape index (κ2) is 6.35. The minimum atomic E-state index is 0.540. The highest BCUT2D eigenvalue weighted by Crippen LogP contribution is 2.19. The fraction of sp³-hybridized carbons (Fsp3) is 0.222. The molecular formula is C18H18N6O. The van der Waals surface area contributed by atoms with Crippen LogP contribution in [0.15, 0.2) is 47.1 Å². The van der Waals surface area contributed by atoms with E-state index in [0.29, 0.717) is 24.7 Å². The summed E-state index contributed by atoms with van der Waals surface area (Å²) in [6.45, 7) is 4.78. The van der Waals surface area contributed by atoms with Crippen LogP contribution in [0.2, 0.25) is 0 Å². The molecule has 25 heavy (non-hydrogen) atoms. The van der Waals surface area contributed by atoms with Gasteiger partial charge in [-0.3, -0.25) is 9.78 Å². The fourth-order valence-electron chi connectivity index (χ4n) is 2.81. The van der Waals surface area contributed by atoms with Gasteiger partial charge in [0.15, 0.2) is 0 Å². The number of hydrogen-bond acceptors (Lipinski definition) is 5. The number of aromatic amines is 1. The third kappa shape index (κ3) is 3.35. The van der Waals surface area contributed by atoms with E-state index in [1.54, 1.807) is 6.20 Å². The summed E-state index contributed by atoms with van der Waals surface area (Å²) in [5.74, 6) is 1.15. The lowest BCUT2D eigenvalue weighted by Crippen LogP contribution is -2.04. The lowest BCUT2D eigenvalue weighted by molar-refractivity contribution is 0.385. The molecule has 3 heterocycles. The first-order valence-corrected chi connectivity index (χ1v) is 8.08. The Hall–Kier alpha value is -3.22. The number of benzene rings is 1. The predicted molar refractivity (Wildman–Crippen MR) is 91.9 cm³/mol. The van der Waals surface area contributed by atoms with Crippen LogP contribution in [0, 0.1) is 13.8 Å². The normalized spacial score (nSPS) is 11.1. The number of rotatable bonds is 5. The summed E-state index contributed by atoms with van der Waals surface area (Å²) < 4.78 is 7.34. The standard InChI is InChI=1S/C18H18N6O/c1-12-8-13(2)24(22-12)11-14-4-3-5-15(9-14)18-20-17(25-23-18)10-16-6-7-19-21-16/h3-9H,10-11H2,1-2H3,(H,19,21). The van der Waals surface area contributed by atoms with Gasteiger partial charge < -0.3 is 4.52 Å². The fourth-order valence-corrected chi connectivity index (χ4v) is 2.81. The van der Waals surface area contributed by atoms with Crippen LogP contribution in [0.5, 0.6) is 0 Å².